The van der Waals surface area contributed by atoms with Gasteiger partial charge in [0.15, 0.2) is 5.82 Å². The third-order valence-electron chi connectivity index (χ3n) is 2.76. The molecule has 8 heteroatoms. The van der Waals surface area contributed by atoms with Gasteiger partial charge in [-0.2, -0.15) is 5.10 Å². The molecule has 0 radical (unpaired) electrons. The van der Waals surface area contributed by atoms with Crippen molar-refractivity contribution in [3.8, 4) is 0 Å². The lowest BCUT2D eigenvalue weighted by molar-refractivity contribution is 0.600. The van der Waals surface area contributed by atoms with Crippen LogP contribution in [0.4, 0.5) is 5.82 Å². The minimum Gasteiger partial charge on any atom is -0.352 e. The summed E-state index contributed by atoms with van der Waals surface area (Å²) in [6, 6.07) is 4.81. The average Bonchev–Trinajstić information content (AvgIpc) is 2.79. The SMILES string of the molecule is CCNCc1cc(S(=O)(=O)Nc2cccnn2)cn1C. The van der Waals surface area contributed by atoms with Gasteiger partial charge in [0, 0.05) is 31.7 Å². The Hall–Kier alpha value is -1.93. The predicted molar refractivity (Wildman–Crippen MR) is 75.6 cm³/mol. The van der Waals surface area contributed by atoms with Crippen LogP contribution in [0.15, 0.2) is 35.5 Å². The third kappa shape index (κ3) is 3.34. The largest absolute Gasteiger partial charge is 0.352 e. The Labute approximate surface area is 118 Å². The summed E-state index contributed by atoms with van der Waals surface area (Å²) in [5.74, 6) is 0.199. The summed E-state index contributed by atoms with van der Waals surface area (Å²) in [6.07, 6.45) is 3.06. The fourth-order valence-electron chi connectivity index (χ4n) is 1.71. The Morgan fingerprint density at radius 2 is 2.20 bits per heavy atom. The first kappa shape index (κ1) is 14.5. The molecule has 2 aromatic heterocycles. The van der Waals surface area contributed by atoms with Crippen molar-refractivity contribution in [3.05, 3.63) is 36.3 Å². The van der Waals surface area contributed by atoms with Gasteiger partial charge < -0.3 is 9.88 Å². The number of anilines is 1. The van der Waals surface area contributed by atoms with E-state index < -0.39 is 10.0 Å². The smallest absolute Gasteiger partial charge is 0.264 e. The van der Waals surface area contributed by atoms with Crippen LogP contribution in [0.1, 0.15) is 12.6 Å². The molecule has 0 saturated heterocycles. The lowest BCUT2D eigenvalue weighted by Crippen LogP contribution is -2.14. The maximum absolute atomic E-state index is 12.2. The normalized spacial score (nSPS) is 11.5. The van der Waals surface area contributed by atoms with Gasteiger partial charge in [-0.15, -0.1) is 5.10 Å². The van der Waals surface area contributed by atoms with Gasteiger partial charge in [-0.1, -0.05) is 6.92 Å². The van der Waals surface area contributed by atoms with Crippen molar-refractivity contribution in [1.82, 2.24) is 20.1 Å². The van der Waals surface area contributed by atoms with E-state index in [4.69, 9.17) is 0 Å². The summed E-state index contributed by atoms with van der Waals surface area (Å²) in [4.78, 5) is 0.207. The molecule has 0 amide bonds. The molecule has 0 aliphatic carbocycles. The first-order valence-electron chi connectivity index (χ1n) is 6.19. The van der Waals surface area contributed by atoms with Crippen LogP contribution in [0.2, 0.25) is 0 Å². The molecule has 0 bridgehead atoms. The zero-order valence-corrected chi connectivity index (χ0v) is 12.2. The van der Waals surface area contributed by atoms with E-state index in [-0.39, 0.29) is 10.7 Å². The van der Waals surface area contributed by atoms with Crippen molar-refractivity contribution in [2.45, 2.75) is 18.4 Å². The highest BCUT2D eigenvalue weighted by molar-refractivity contribution is 7.92. The molecule has 0 saturated carbocycles. The Morgan fingerprint density at radius 1 is 1.40 bits per heavy atom. The highest BCUT2D eigenvalue weighted by Gasteiger charge is 2.18. The van der Waals surface area contributed by atoms with Crippen LogP contribution < -0.4 is 10.0 Å². The topological polar surface area (TPSA) is 88.9 Å². The second-order valence-corrected chi connectivity index (χ2v) is 5.96. The molecule has 0 aliphatic rings. The van der Waals surface area contributed by atoms with E-state index in [0.29, 0.717) is 6.54 Å². The summed E-state index contributed by atoms with van der Waals surface area (Å²) in [5.41, 5.74) is 0.895. The molecule has 108 valence electrons. The number of nitrogens with one attached hydrogen (secondary N) is 2. The highest BCUT2D eigenvalue weighted by Crippen LogP contribution is 2.16. The number of aromatic nitrogens is 3. The van der Waals surface area contributed by atoms with Crippen molar-refractivity contribution in [2.75, 3.05) is 11.3 Å². The first-order chi connectivity index (χ1) is 9.53. The minimum absolute atomic E-state index is 0.199. The molecular weight excluding hydrogens is 278 g/mol. The van der Waals surface area contributed by atoms with Gasteiger partial charge in [-0.25, -0.2) is 8.42 Å². The molecule has 0 aliphatic heterocycles. The lowest BCUT2D eigenvalue weighted by Gasteiger charge is -2.03. The number of sulfonamides is 1. The van der Waals surface area contributed by atoms with E-state index >= 15 is 0 Å². The van der Waals surface area contributed by atoms with Gasteiger partial charge in [0.25, 0.3) is 10.0 Å². The van der Waals surface area contributed by atoms with E-state index in [1.54, 1.807) is 29.0 Å². The number of hydrogen-bond donors (Lipinski definition) is 2. The summed E-state index contributed by atoms with van der Waals surface area (Å²) >= 11 is 0. The molecule has 0 aromatic carbocycles. The van der Waals surface area contributed by atoms with E-state index in [9.17, 15) is 8.42 Å². The molecule has 0 spiro atoms. The van der Waals surface area contributed by atoms with Crippen LogP contribution in [-0.4, -0.2) is 29.7 Å². The van der Waals surface area contributed by atoms with Crippen molar-refractivity contribution in [2.24, 2.45) is 7.05 Å². The van der Waals surface area contributed by atoms with E-state index in [1.165, 1.54) is 6.20 Å². The third-order valence-corrected chi connectivity index (χ3v) is 4.08. The second-order valence-electron chi connectivity index (χ2n) is 4.27. The molecule has 20 heavy (non-hydrogen) atoms. The number of rotatable bonds is 6. The zero-order valence-electron chi connectivity index (χ0n) is 11.4. The number of hydrogen-bond acceptors (Lipinski definition) is 5. The van der Waals surface area contributed by atoms with Gasteiger partial charge in [-0.3, -0.25) is 4.72 Å². The fourth-order valence-corrected chi connectivity index (χ4v) is 2.80. The van der Waals surface area contributed by atoms with Crippen LogP contribution in [0, 0.1) is 0 Å². The lowest BCUT2D eigenvalue weighted by atomic mass is 10.4. The van der Waals surface area contributed by atoms with Crippen LogP contribution in [0.5, 0.6) is 0 Å². The van der Waals surface area contributed by atoms with Crippen molar-refractivity contribution in [3.63, 3.8) is 0 Å². The molecule has 2 rings (SSSR count). The monoisotopic (exact) mass is 295 g/mol. The van der Waals surface area contributed by atoms with Crippen molar-refractivity contribution in [1.29, 1.82) is 0 Å². The maximum Gasteiger partial charge on any atom is 0.264 e. The quantitative estimate of drug-likeness (QED) is 0.820. The standard InChI is InChI=1S/C12H17N5O2S/c1-3-13-8-10-7-11(9-17(10)2)20(18,19)16-12-5-4-6-14-15-12/h4-7,9,13H,3,8H2,1-2H3,(H,15,16). The highest BCUT2D eigenvalue weighted by atomic mass is 32.2. The maximum atomic E-state index is 12.2. The summed E-state index contributed by atoms with van der Waals surface area (Å²) in [7, 11) is -1.83. The predicted octanol–water partition coefficient (Wildman–Crippen LogP) is 0.725. The summed E-state index contributed by atoms with van der Waals surface area (Å²) < 4.78 is 28.6. The van der Waals surface area contributed by atoms with Crippen LogP contribution >= 0.6 is 0 Å². The van der Waals surface area contributed by atoms with Crippen molar-refractivity contribution >= 4 is 15.8 Å². The van der Waals surface area contributed by atoms with Gasteiger partial charge in [0.1, 0.15) is 4.90 Å². The minimum atomic E-state index is -3.64. The van der Waals surface area contributed by atoms with Gasteiger partial charge >= 0.3 is 0 Å². The van der Waals surface area contributed by atoms with Crippen LogP contribution in [0.3, 0.4) is 0 Å². The van der Waals surface area contributed by atoms with Gasteiger partial charge in [-0.05, 0) is 24.7 Å². The van der Waals surface area contributed by atoms with E-state index in [2.05, 4.69) is 20.2 Å². The molecule has 2 heterocycles. The number of nitrogens with zero attached hydrogens (tertiary/aromatic N) is 3. The molecule has 2 N–H and O–H groups in total. The van der Waals surface area contributed by atoms with Crippen LogP contribution in [0.25, 0.3) is 0 Å². The average molecular weight is 295 g/mol. The summed E-state index contributed by atoms with van der Waals surface area (Å²) in [5, 5.41) is 10.5. The van der Waals surface area contributed by atoms with Crippen molar-refractivity contribution < 1.29 is 8.42 Å². The Morgan fingerprint density at radius 3 is 2.85 bits per heavy atom. The molecule has 0 unspecified atom stereocenters. The molecular formula is C12H17N5O2S. The van der Waals surface area contributed by atoms with Gasteiger partial charge in [0.2, 0.25) is 0 Å². The second kappa shape index (κ2) is 6.02. The molecule has 0 fully saturated rings. The molecule has 7 nitrogen and oxygen atoms in total. The zero-order chi connectivity index (χ0) is 14.6. The molecule has 2 aromatic rings. The Kier molecular flexibility index (Phi) is 4.35. The van der Waals surface area contributed by atoms with E-state index in [1.807, 2.05) is 14.0 Å². The molecule has 0 atom stereocenters. The van der Waals surface area contributed by atoms with Gasteiger partial charge in [0.05, 0.1) is 0 Å². The fraction of sp³-hybridized carbons (Fsp3) is 0.333. The Bertz CT molecular complexity index is 666. The summed E-state index contributed by atoms with van der Waals surface area (Å²) in [6.45, 7) is 3.44. The Balaban J connectivity index is 2.21. The van der Waals surface area contributed by atoms with E-state index in [0.717, 1.165) is 12.2 Å². The number of aryl methyl sites for hydroxylation is 1. The first-order valence-corrected chi connectivity index (χ1v) is 7.67. The van der Waals surface area contributed by atoms with Crippen LogP contribution in [-0.2, 0) is 23.6 Å².